The van der Waals surface area contributed by atoms with Gasteiger partial charge < -0.3 is 0 Å². The van der Waals surface area contributed by atoms with Crippen LogP contribution >= 0.6 is 0 Å². The summed E-state index contributed by atoms with van der Waals surface area (Å²) in [6.07, 6.45) is 0. The summed E-state index contributed by atoms with van der Waals surface area (Å²) in [7, 11) is 0. The highest BCUT2D eigenvalue weighted by Gasteiger charge is 2.19. The molecule has 0 aromatic heterocycles. The molecule has 8 aromatic carbocycles. The molecule has 0 aliphatic carbocycles. The molecule has 0 amide bonds. The second kappa shape index (κ2) is 4.98. The first-order chi connectivity index (χ1) is 14.9. The molecule has 0 N–H and O–H groups in total. The maximum Gasteiger partial charge on any atom is -0.000741 e. The number of fused-ring (bicyclic) bond motifs is 9. The zero-order valence-corrected chi connectivity index (χ0v) is 16.2. The topological polar surface area (TPSA) is 0 Å². The van der Waals surface area contributed by atoms with Crippen molar-refractivity contribution in [1.29, 1.82) is 0 Å². The molecule has 0 unspecified atom stereocenters. The summed E-state index contributed by atoms with van der Waals surface area (Å²) < 4.78 is 0. The van der Waals surface area contributed by atoms with Crippen molar-refractivity contribution in [3.8, 4) is 0 Å². The lowest BCUT2D eigenvalue weighted by molar-refractivity contribution is 1.84. The molecule has 8 rings (SSSR count). The van der Waals surface area contributed by atoms with Crippen molar-refractivity contribution in [2.45, 2.75) is 0 Å². The molecule has 136 valence electrons. The maximum atomic E-state index is 2.41. The van der Waals surface area contributed by atoms with E-state index in [2.05, 4.69) is 97.1 Å². The van der Waals surface area contributed by atoms with Gasteiger partial charge >= 0.3 is 0 Å². The lowest BCUT2D eigenvalue weighted by atomic mass is 9.88. The Morgan fingerprint density at radius 3 is 1.73 bits per heavy atom. The standard InChI is InChI=1S/C30H16/c1-3-9-21-18(6-1)14-26-24(21)16-20-13-12-17-8-5-11-23-25-15-19-7-2-4-10-22(19)29(25)30(26)28(20)27(17)23/h1-16H. The van der Waals surface area contributed by atoms with Crippen molar-refractivity contribution < 1.29 is 0 Å². The van der Waals surface area contributed by atoms with E-state index in [1.54, 1.807) is 0 Å². The minimum atomic E-state index is 1.33. The Morgan fingerprint density at radius 2 is 0.867 bits per heavy atom. The molecule has 30 heavy (non-hydrogen) atoms. The average Bonchev–Trinajstić information content (AvgIpc) is 3.36. The Morgan fingerprint density at radius 1 is 0.267 bits per heavy atom. The van der Waals surface area contributed by atoms with Gasteiger partial charge in [0.2, 0.25) is 0 Å². The van der Waals surface area contributed by atoms with Crippen LogP contribution in [-0.2, 0) is 0 Å². The summed E-state index contributed by atoms with van der Waals surface area (Å²) in [5, 5.41) is 19.1. The zero-order valence-electron chi connectivity index (χ0n) is 16.2. The second-order valence-corrected chi connectivity index (χ2v) is 8.53. The summed E-state index contributed by atoms with van der Waals surface area (Å²) in [6.45, 7) is 0. The van der Waals surface area contributed by atoms with Crippen molar-refractivity contribution in [1.82, 2.24) is 0 Å². The monoisotopic (exact) mass is 376 g/mol. The van der Waals surface area contributed by atoms with E-state index in [0.29, 0.717) is 0 Å². The van der Waals surface area contributed by atoms with Gasteiger partial charge in [-0.2, -0.15) is 0 Å². The minimum absolute atomic E-state index is 1.33. The molecule has 0 spiro atoms. The summed E-state index contributed by atoms with van der Waals surface area (Å²) in [6, 6.07) is 36.2. The Bertz CT molecular complexity index is 1940. The third kappa shape index (κ3) is 1.62. The van der Waals surface area contributed by atoms with Gasteiger partial charge in [-0.25, -0.2) is 0 Å². The van der Waals surface area contributed by atoms with Gasteiger partial charge in [0.05, 0.1) is 0 Å². The van der Waals surface area contributed by atoms with Gasteiger partial charge in [0.25, 0.3) is 0 Å². The van der Waals surface area contributed by atoms with Gasteiger partial charge in [-0.15, -0.1) is 0 Å². The predicted molar refractivity (Wildman–Crippen MR) is 131 cm³/mol. The van der Waals surface area contributed by atoms with E-state index >= 15 is 0 Å². The SMILES string of the molecule is c1ccc2c(c1)cc1c2cc2ccc3cccc4c5cc6ccccc6c5c1c2c34. The minimum Gasteiger partial charge on any atom is -0.0616 e. The van der Waals surface area contributed by atoms with Crippen molar-refractivity contribution in [2.75, 3.05) is 0 Å². The first-order valence-corrected chi connectivity index (χ1v) is 10.5. The van der Waals surface area contributed by atoms with Crippen LogP contribution in [-0.4, -0.2) is 0 Å². The average molecular weight is 376 g/mol. The van der Waals surface area contributed by atoms with Crippen LogP contribution in [0, 0.1) is 0 Å². The molecule has 0 atom stereocenters. The van der Waals surface area contributed by atoms with Crippen LogP contribution in [0.4, 0.5) is 0 Å². The lowest BCUT2D eigenvalue weighted by Crippen LogP contribution is -1.86. The molecule has 8 aromatic rings. The highest BCUT2D eigenvalue weighted by Crippen LogP contribution is 2.48. The van der Waals surface area contributed by atoms with Crippen LogP contribution < -0.4 is 0 Å². The first kappa shape index (κ1) is 15.0. The van der Waals surface area contributed by atoms with E-state index < -0.39 is 0 Å². The van der Waals surface area contributed by atoms with Gasteiger partial charge in [0.15, 0.2) is 0 Å². The first-order valence-electron chi connectivity index (χ1n) is 10.5. The molecule has 0 aliphatic heterocycles. The molecule has 0 heterocycles. The highest BCUT2D eigenvalue weighted by atomic mass is 14.2. The van der Waals surface area contributed by atoms with Crippen molar-refractivity contribution in [2.24, 2.45) is 0 Å². The Kier molecular flexibility index (Phi) is 2.49. The third-order valence-corrected chi connectivity index (χ3v) is 7.08. The smallest absolute Gasteiger partial charge is 0.000741 e. The van der Waals surface area contributed by atoms with E-state index in [1.165, 1.54) is 75.4 Å². The van der Waals surface area contributed by atoms with Crippen molar-refractivity contribution in [3.05, 3.63) is 97.1 Å². The third-order valence-electron chi connectivity index (χ3n) is 7.08. The van der Waals surface area contributed by atoms with E-state index in [1.807, 2.05) is 0 Å². The van der Waals surface area contributed by atoms with Gasteiger partial charge in [-0.3, -0.25) is 0 Å². The quantitative estimate of drug-likeness (QED) is 0.232. The van der Waals surface area contributed by atoms with Crippen LogP contribution in [0.3, 0.4) is 0 Å². The molecular formula is C30H16. The van der Waals surface area contributed by atoms with Gasteiger partial charge in [0, 0.05) is 0 Å². The van der Waals surface area contributed by atoms with Crippen LogP contribution in [0.15, 0.2) is 97.1 Å². The Hall–Kier alpha value is -3.90. The second-order valence-electron chi connectivity index (χ2n) is 8.53. The fourth-order valence-corrected chi connectivity index (χ4v) is 5.87. The van der Waals surface area contributed by atoms with Gasteiger partial charge in [-0.05, 0) is 93.6 Å². The molecule has 0 aliphatic rings. The molecule has 0 fully saturated rings. The van der Waals surface area contributed by atoms with E-state index in [0.717, 1.165) is 0 Å². The molecule has 0 saturated carbocycles. The summed E-state index contributed by atoms with van der Waals surface area (Å²) in [5.74, 6) is 0. The predicted octanol–water partition coefficient (Wildman–Crippen LogP) is 8.63. The molecule has 0 radical (unpaired) electrons. The lowest BCUT2D eigenvalue weighted by Gasteiger charge is -2.14. The van der Waals surface area contributed by atoms with Crippen molar-refractivity contribution >= 4 is 75.4 Å². The maximum absolute atomic E-state index is 2.41. The van der Waals surface area contributed by atoms with Crippen LogP contribution in [0.25, 0.3) is 75.4 Å². The largest absolute Gasteiger partial charge is 0.0616 e. The molecule has 0 heteroatoms. The van der Waals surface area contributed by atoms with Gasteiger partial charge in [-0.1, -0.05) is 78.9 Å². The van der Waals surface area contributed by atoms with E-state index in [9.17, 15) is 0 Å². The van der Waals surface area contributed by atoms with Crippen LogP contribution in [0.2, 0.25) is 0 Å². The van der Waals surface area contributed by atoms with Crippen LogP contribution in [0.1, 0.15) is 0 Å². The Balaban J connectivity index is 1.86. The summed E-state index contributed by atoms with van der Waals surface area (Å²) in [5.41, 5.74) is 0. The number of benzene rings is 6. The zero-order chi connectivity index (χ0) is 19.4. The van der Waals surface area contributed by atoms with E-state index in [4.69, 9.17) is 0 Å². The molecular weight excluding hydrogens is 360 g/mol. The number of rotatable bonds is 0. The summed E-state index contributed by atoms with van der Waals surface area (Å²) >= 11 is 0. The fraction of sp³-hybridized carbons (Fsp3) is 0. The molecule has 0 bridgehead atoms. The number of hydrogen-bond acceptors (Lipinski definition) is 0. The normalized spacial score (nSPS) is 12.7. The molecule has 0 saturated heterocycles. The van der Waals surface area contributed by atoms with Crippen molar-refractivity contribution in [3.63, 3.8) is 0 Å². The fourth-order valence-electron chi connectivity index (χ4n) is 5.87. The highest BCUT2D eigenvalue weighted by molar-refractivity contribution is 6.44. The summed E-state index contributed by atoms with van der Waals surface area (Å²) in [4.78, 5) is 0. The Labute approximate surface area is 172 Å². The number of hydrogen-bond donors (Lipinski definition) is 0. The molecule has 0 nitrogen and oxygen atoms in total. The van der Waals surface area contributed by atoms with Crippen LogP contribution in [0.5, 0.6) is 0 Å². The van der Waals surface area contributed by atoms with E-state index in [-0.39, 0.29) is 0 Å². The van der Waals surface area contributed by atoms with Gasteiger partial charge in [0.1, 0.15) is 0 Å².